The molecule has 8 nitrogen and oxygen atoms in total. The summed E-state index contributed by atoms with van der Waals surface area (Å²) in [6.07, 6.45) is 0. The Morgan fingerprint density at radius 2 is 1.16 bits per heavy atom. The van der Waals surface area contributed by atoms with Crippen molar-refractivity contribution in [3.63, 3.8) is 0 Å². The van der Waals surface area contributed by atoms with Crippen LogP contribution in [-0.2, 0) is 18.2 Å². The van der Waals surface area contributed by atoms with Crippen LogP contribution in [0.4, 0.5) is 0 Å². The van der Waals surface area contributed by atoms with Crippen molar-refractivity contribution < 1.29 is 18.2 Å². The molecule has 0 spiro atoms. The molecule has 0 fully saturated rings. The van der Waals surface area contributed by atoms with Crippen molar-refractivity contribution in [2.75, 3.05) is 6.66 Å². The third-order valence-corrected chi connectivity index (χ3v) is 15.0. The quantitative estimate of drug-likeness (QED) is 0.150. The Bertz CT molecular complexity index is 2030. The summed E-state index contributed by atoms with van der Waals surface area (Å²) in [5.74, 6) is -0.569. The van der Waals surface area contributed by atoms with E-state index in [9.17, 15) is 19.2 Å². The van der Waals surface area contributed by atoms with Crippen LogP contribution >= 0.6 is 25.4 Å². The number of halogens is 1. The van der Waals surface area contributed by atoms with Crippen molar-refractivity contribution in [1.82, 2.24) is 18.7 Å². The van der Waals surface area contributed by atoms with Gasteiger partial charge in [-0.05, 0) is 50.4 Å². The maximum absolute atomic E-state index is 13.8. The molecule has 0 bridgehead atoms. The summed E-state index contributed by atoms with van der Waals surface area (Å²) >= 11 is 2.22. The van der Waals surface area contributed by atoms with Crippen LogP contribution in [-0.4, -0.2) is 25.4 Å². The van der Waals surface area contributed by atoms with Crippen LogP contribution in [0.25, 0.3) is 21.5 Å². The Morgan fingerprint density at radius 3 is 1.65 bits per heavy atom. The van der Waals surface area contributed by atoms with Crippen LogP contribution in [0.5, 0.6) is 0 Å². The molecule has 5 atom stereocenters. The summed E-state index contributed by atoms with van der Waals surface area (Å²) in [5.41, 5.74) is -0.694. The van der Waals surface area contributed by atoms with Crippen molar-refractivity contribution in [1.29, 1.82) is 0 Å². The summed E-state index contributed by atoms with van der Waals surface area (Å²) in [6, 6.07) is 22.3. The molecule has 3 aromatic carbocycles. The monoisotopic (exact) mass is 728 g/mol. The Hall–Kier alpha value is -2.78. The molecule has 0 saturated heterocycles. The SMILES string of the molecule is C[CH-]n1c(=O)c2ccccc2c(=O)n1C(C)[PH+](C)c1ccccc1[PH+]1C(C)n2c(=O)c3ccccc3c(=O)n2[C@@H]1C.[Cl][Pd+]. The van der Waals surface area contributed by atoms with Crippen molar-refractivity contribution in [2.45, 2.75) is 45.0 Å². The Morgan fingerprint density at radius 1 is 0.744 bits per heavy atom. The van der Waals surface area contributed by atoms with E-state index in [4.69, 9.17) is 0 Å². The van der Waals surface area contributed by atoms with Gasteiger partial charge in [-0.2, -0.15) is 0 Å². The van der Waals surface area contributed by atoms with Crippen LogP contribution < -0.4 is 32.8 Å². The average molecular weight is 729 g/mol. The molecular formula is C31H33ClN4O4P2Pd+2. The van der Waals surface area contributed by atoms with Gasteiger partial charge in [0.05, 0.1) is 33.3 Å². The van der Waals surface area contributed by atoms with Crippen molar-refractivity contribution in [2.24, 2.45) is 0 Å². The van der Waals surface area contributed by atoms with E-state index < -0.39 is 15.8 Å². The Labute approximate surface area is 265 Å². The third-order valence-electron chi connectivity index (χ3n) is 8.61. The van der Waals surface area contributed by atoms with Gasteiger partial charge >= 0.3 is 27.7 Å². The van der Waals surface area contributed by atoms with E-state index in [2.05, 4.69) is 46.5 Å². The van der Waals surface area contributed by atoms with Gasteiger partial charge in [-0.25, -0.2) is 14.0 Å². The third kappa shape index (κ3) is 5.00. The maximum atomic E-state index is 13.8. The van der Waals surface area contributed by atoms with Gasteiger partial charge in [-0.15, -0.1) is 6.54 Å². The predicted octanol–water partition coefficient (Wildman–Crippen LogP) is 4.63. The molecule has 43 heavy (non-hydrogen) atoms. The molecule has 3 heterocycles. The number of aromatic nitrogens is 4. The van der Waals surface area contributed by atoms with Crippen molar-refractivity contribution in [3.8, 4) is 0 Å². The normalized spacial score (nSPS) is 19.0. The van der Waals surface area contributed by atoms with Crippen molar-refractivity contribution in [3.05, 3.63) is 121 Å². The van der Waals surface area contributed by atoms with Crippen LogP contribution in [0, 0.1) is 6.54 Å². The van der Waals surface area contributed by atoms with Gasteiger partial charge in [-0.3, -0.25) is 14.4 Å². The molecule has 0 aliphatic carbocycles. The summed E-state index contributed by atoms with van der Waals surface area (Å²) in [5, 5.41) is 4.04. The first-order chi connectivity index (χ1) is 20.7. The molecular weight excluding hydrogens is 696 g/mol. The molecule has 4 unspecified atom stereocenters. The summed E-state index contributed by atoms with van der Waals surface area (Å²) in [4.78, 5) is 54.4. The van der Waals surface area contributed by atoms with E-state index >= 15 is 0 Å². The zero-order valence-electron chi connectivity index (χ0n) is 24.4. The second-order valence-electron chi connectivity index (χ2n) is 10.7. The topological polar surface area (TPSA) is 88.0 Å². The summed E-state index contributed by atoms with van der Waals surface area (Å²) in [6.45, 7) is 11.7. The molecule has 12 heteroatoms. The second kappa shape index (κ2) is 12.7. The van der Waals surface area contributed by atoms with E-state index in [-0.39, 0.29) is 39.6 Å². The first-order valence-electron chi connectivity index (χ1n) is 13.9. The minimum atomic E-state index is -1.49. The first kappa shape index (κ1) is 31.6. The first-order valence-corrected chi connectivity index (χ1v) is 19.7. The number of benzene rings is 3. The van der Waals surface area contributed by atoms with Gasteiger partial charge in [0.1, 0.15) is 16.2 Å². The fourth-order valence-corrected chi connectivity index (χ4v) is 12.7. The predicted molar refractivity (Wildman–Crippen MR) is 179 cm³/mol. The van der Waals surface area contributed by atoms with E-state index in [0.29, 0.717) is 21.5 Å². The van der Waals surface area contributed by atoms with Crippen LogP contribution in [0.1, 0.15) is 45.0 Å². The van der Waals surface area contributed by atoms with Gasteiger partial charge in [0, 0.05) is 5.39 Å². The molecule has 1 aliphatic rings. The average Bonchev–Trinajstić information content (AvgIpc) is 3.31. The fourth-order valence-electron chi connectivity index (χ4n) is 6.48. The summed E-state index contributed by atoms with van der Waals surface area (Å²) in [7, 11) is 1.54. The van der Waals surface area contributed by atoms with Gasteiger partial charge in [0.25, 0.3) is 16.7 Å². The molecule has 0 radical (unpaired) electrons. The van der Waals surface area contributed by atoms with Gasteiger partial charge < -0.3 is 9.48 Å². The van der Waals surface area contributed by atoms with E-state index in [1.54, 1.807) is 76.0 Å². The number of hydrogen-bond acceptors (Lipinski definition) is 4. The van der Waals surface area contributed by atoms with Crippen LogP contribution in [0.2, 0.25) is 0 Å². The molecule has 6 rings (SSSR count). The number of rotatable bonds is 5. The zero-order chi connectivity index (χ0) is 31.2. The molecule has 226 valence electrons. The fraction of sp³-hybridized carbons (Fsp3) is 0.258. The number of fused-ring (bicyclic) bond motifs is 3. The van der Waals surface area contributed by atoms with Gasteiger partial charge in [-0.1, -0.05) is 55.5 Å². The molecule has 0 saturated carbocycles. The second-order valence-corrected chi connectivity index (χ2v) is 16.5. The Kier molecular flexibility index (Phi) is 9.33. The van der Waals surface area contributed by atoms with Crippen LogP contribution in [0.15, 0.2) is 92.0 Å². The minimum absolute atomic E-state index is 0.141. The standard InChI is InChI=1S/C31H31N4O4P2.ClH.Pd/c1-6-32-28(36)22-13-7-8-14-23(22)29(37)33(32)19(2)40(5)26-17-11-12-18-27(26)41-20(3)34-30(38)24-15-9-10-16-25(24)31(39)35(34)21(41)4;;/h6-21H,1-5H3;1H;/q-1;;+2/p+1/t19?,20-,21?,40?,41?;;/m0../s1. The van der Waals surface area contributed by atoms with Crippen LogP contribution in [0.3, 0.4) is 0 Å². The number of hydrogen-bond donors (Lipinski definition) is 0. The molecule has 0 amide bonds. The van der Waals surface area contributed by atoms with Gasteiger partial charge in [0.15, 0.2) is 17.3 Å². The summed E-state index contributed by atoms with van der Waals surface area (Å²) < 4.78 is 6.39. The van der Waals surface area contributed by atoms with E-state index in [1.165, 1.54) is 9.99 Å². The molecule has 1 aliphatic heterocycles. The van der Waals surface area contributed by atoms with Gasteiger partial charge in [0.2, 0.25) is 0 Å². The Balaban J connectivity index is 0.00000180. The van der Waals surface area contributed by atoms with E-state index in [1.807, 2.05) is 32.9 Å². The zero-order valence-corrected chi connectivity index (χ0v) is 28.7. The molecule has 0 N–H and O–H groups in total. The molecule has 5 aromatic rings. The molecule has 2 aromatic heterocycles. The van der Waals surface area contributed by atoms with Crippen molar-refractivity contribution >= 4 is 57.5 Å². The number of nitrogens with zero attached hydrogens (tertiary/aromatic N) is 4. The van der Waals surface area contributed by atoms with E-state index in [0.717, 1.165) is 5.30 Å².